The topological polar surface area (TPSA) is 52.8 Å². The minimum Gasteiger partial charge on any atom is -0.461 e. The van der Waals surface area contributed by atoms with E-state index in [9.17, 15) is 13.2 Å². The van der Waals surface area contributed by atoms with Crippen LogP contribution in [0.25, 0.3) is 11.0 Å². The van der Waals surface area contributed by atoms with Gasteiger partial charge in [0.15, 0.2) is 5.96 Å². The predicted octanol–water partition coefficient (Wildman–Crippen LogP) is 4.42. The minimum absolute atomic E-state index is 0. The van der Waals surface area contributed by atoms with E-state index in [-0.39, 0.29) is 24.0 Å². The molecule has 168 valence electrons. The van der Waals surface area contributed by atoms with Gasteiger partial charge in [0, 0.05) is 31.9 Å². The molecule has 1 fully saturated rings. The van der Waals surface area contributed by atoms with E-state index in [4.69, 9.17) is 4.42 Å². The molecular weight excluding hydrogens is 508 g/mol. The average molecular weight is 538 g/mol. The molecule has 1 aromatic heterocycles. The number of piperidine rings is 1. The summed E-state index contributed by atoms with van der Waals surface area (Å²) in [5.41, 5.74) is 0.895. The second-order valence-electron chi connectivity index (χ2n) is 7.55. The standard InChI is InChI=1S/C21H29F3N4O.HI/c1-25-20(27-11-7-18-14-17-4-2-3-5-19(17)29-18)26-10-6-16-8-12-28(13-9-16)15-21(22,23)24;/h2-5,14,16H,6-13,15H2,1H3,(H2,25,26,27);1H. The number of aliphatic imine (C=N–C) groups is 1. The van der Waals surface area contributed by atoms with Gasteiger partial charge in [-0.25, -0.2) is 0 Å². The van der Waals surface area contributed by atoms with Crippen LogP contribution in [0.5, 0.6) is 0 Å². The van der Waals surface area contributed by atoms with Crippen LogP contribution in [0.15, 0.2) is 39.7 Å². The first kappa shape index (κ1) is 24.8. The molecule has 0 spiro atoms. The number of hydrogen-bond acceptors (Lipinski definition) is 3. The van der Waals surface area contributed by atoms with Crippen molar-refractivity contribution in [1.82, 2.24) is 15.5 Å². The van der Waals surface area contributed by atoms with Crippen molar-refractivity contribution in [2.24, 2.45) is 10.9 Å². The monoisotopic (exact) mass is 538 g/mol. The van der Waals surface area contributed by atoms with E-state index >= 15 is 0 Å². The molecule has 1 saturated heterocycles. The van der Waals surface area contributed by atoms with E-state index in [2.05, 4.69) is 21.7 Å². The Bertz CT molecular complexity index is 768. The molecule has 0 atom stereocenters. The van der Waals surface area contributed by atoms with Gasteiger partial charge in [-0.05, 0) is 50.4 Å². The molecule has 0 bridgehead atoms. The van der Waals surface area contributed by atoms with Crippen molar-refractivity contribution in [3.8, 4) is 0 Å². The van der Waals surface area contributed by atoms with Crippen LogP contribution in [0, 0.1) is 5.92 Å². The number of benzene rings is 1. The van der Waals surface area contributed by atoms with Crippen LogP contribution in [0.1, 0.15) is 25.0 Å². The van der Waals surface area contributed by atoms with E-state index in [0.29, 0.717) is 25.6 Å². The third kappa shape index (κ3) is 7.98. The Morgan fingerprint density at radius 1 is 1.17 bits per heavy atom. The first-order valence-electron chi connectivity index (χ1n) is 10.1. The number of para-hydroxylation sites is 1. The number of rotatable bonds is 7. The van der Waals surface area contributed by atoms with Gasteiger partial charge >= 0.3 is 6.18 Å². The highest BCUT2D eigenvalue weighted by molar-refractivity contribution is 14.0. The molecule has 0 radical (unpaired) electrons. The normalized spacial score (nSPS) is 16.5. The van der Waals surface area contributed by atoms with Crippen LogP contribution >= 0.6 is 24.0 Å². The molecule has 30 heavy (non-hydrogen) atoms. The number of hydrogen-bond donors (Lipinski definition) is 2. The van der Waals surface area contributed by atoms with Gasteiger partial charge < -0.3 is 15.1 Å². The highest BCUT2D eigenvalue weighted by Crippen LogP contribution is 2.24. The zero-order chi connectivity index (χ0) is 20.7. The molecule has 1 aromatic carbocycles. The lowest BCUT2D eigenvalue weighted by Crippen LogP contribution is -2.42. The van der Waals surface area contributed by atoms with Crippen molar-refractivity contribution in [3.05, 3.63) is 36.1 Å². The lowest BCUT2D eigenvalue weighted by molar-refractivity contribution is -0.148. The number of likely N-dealkylation sites (tertiary alicyclic amines) is 1. The molecule has 0 amide bonds. The van der Waals surface area contributed by atoms with Gasteiger partial charge in [-0.15, -0.1) is 24.0 Å². The van der Waals surface area contributed by atoms with Crippen LogP contribution in [0.4, 0.5) is 13.2 Å². The molecule has 5 nitrogen and oxygen atoms in total. The van der Waals surface area contributed by atoms with Crippen LogP contribution in [0.2, 0.25) is 0 Å². The highest BCUT2D eigenvalue weighted by atomic mass is 127. The number of furan rings is 1. The predicted molar refractivity (Wildman–Crippen MR) is 125 cm³/mol. The Balaban J connectivity index is 0.00000320. The summed E-state index contributed by atoms with van der Waals surface area (Å²) in [6.45, 7) is 1.71. The summed E-state index contributed by atoms with van der Waals surface area (Å²) in [6, 6.07) is 9.99. The van der Waals surface area contributed by atoms with Crippen molar-refractivity contribution < 1.29 is 17.6 Å². The largest absolute Gasteiger partial charge is 0.461 e. The van der Waals surface area contributed by atoms with Crippen molar-refractivity contribution in [3.63, 3.8) is 0 Å². The molecule has 3 rings (SSSR count). The van der Waals surface area contributed by atoms with E-state index in [1.54, 1.807) is 7.05 Å². The summed E-state index contributed by atoms with van der Waals surface area (Å²) in [4.78, 5) is 5.73. The number of nitrogens with one attached hydrogen (secondary N) is 2. The van der Waals surface area contributed by atoms with Crippen LogP contribution in [-0.4, -0.2) is 56.8 Å². The molecule has 0 unspecified atom stereocenters. The lowest BCUT2D eigenvalue weighted by atomic mass is 9.93. The highest BCUT2D eigenvalue weighted by Gasteiger charge is 2.32. The fourth-order valence-electron chi connectivity index (χ4n) is 3.77. The Morgan fingerprint density at radius 2 is 1.87 bits per heavy atom. The summed E-state index contributed by atoms with van der Waals surface area (Å²) < 4.78 is 43.2. The molecule has 1 aliphatic heterocycles. The van der Waals surface area contributed by atoms with E-state index in [1.165, 1.54) is 4.90 Å². The first-order chi connectivity index (χ1) is 13.9. The summed E-state index contributed by atoms with van der Waals surface area (Å²) in [5, 5.41) is 7.68. The van der Waals surface area contributed by atoms with Crippen molar-refractivity contribution in [1.29, 1.82) is 0 Å². The van der Waals surface area contributed by atoms with Gasteiger partial charge in [-0.2, -0.15) is 13.2 Å². The molecular formula is C21H30F3IN4O. The second kappa shape index (κ2) is 11.8. The molecule has 2 N–H and O–H groups in total. The Hall–Kier alpha value is -1.49. The number of fused-ring (bicyclic) bond motifs is 1. The summed E-state index contributed by atoms with van der Waals surface area (Å²) in [6.07, 6.45) is -0.780. The average Bonchev–Trinajstić information content (AvgIpc) is 3.09. The minimum atomic E-state index is -4.10. The van der Waals surface area contributed by atoms with Crippen molar-refractivity contribution in [2.45, 2.75) is 31.9 Å². The molecule has 0 saturated carbocycles. The Labute approximate surface area is 192 Å². The fraction of sp³-hybridized carbons (Fsp3) is 0.571. The quantitative estimate of drug-likeness (QED) is 0.312. The third-order valence-electron chi connectivity index (χ3n) is 5.32. The molecule has 2 aromatic rings. The SMILES string of the molecule is CN=C(NCCc1cc2ccccc2o1)NCCC1CCN(CC(F)(F)F)CC1.I. The number of alkyl halides is 3. The van der Waals surface area contributed by atoms with Crippen LogP contribution in [-0.2, 0) is 6.42 Å². The van der Waals surface area contributed by atoms with Gasteiger partial charge in [0.05, 0.1) is 6.54 Å². The van der Waals surface area contributed by atoms with Gasteiger partial charge in [0.25, 0.3) is 0 Å². The number of nitrogens with zero attached hydrogens (tertiary/aromatic N) is 2. The fourth-order valence-corrected chi connectivity index (χ4v) is 3.77. The lowest BCUT2D eigenvalue weighted by Gasteiger charge is -2.32. The first-order valence-corrected chi connectivity index (χ1v) is 10.1. The zero-order valence-electron chi connectivity index (χ0n) is 17.2. The zero-order valence-corrected chi connectivity index (χ0v) is 19.5. The summed E-state index contributed by atoms with van der Waals surface area (Å²) in [7, 11) is 1.73. The molecule has 2 heterocycles. The van der Waals surface area contributed by atoms with E-state index < -0.39 is 12.7 Å². The van der Waals surface area contributed by atoms with Crippen LogP contribution in [0.3, 0.4) is 0 Å². The maximum absolute atomic E-state index is 12.5. The van der Waals surface area contributed by atoms with Gasteiger partial charge in [-0.1, -0.05) is 18.2 Å². The summed E-state index contributed by atoms with van der Waals surface area (Å²) >= 11 is 0. The maximum atomic E-state index is 12.5. The van der Waals surface area contributed by atoms with Gasteiger partial charge in [-0.3, -0.25) is 9.89 Å². The van der Waals surface area contributed by atoms with Crippen molar-refractivity contribution >= 4 is 40.9 Å². The maximum Gasteiger partial charge on any atom is 0.401 e. The van der Waals surface area contributed by atoms with Crippen LogP contribution < -0.4 is 10.6 Å². The summed E-state index contributed by atoms with van der Waals surface area (Å²) in [5.74, 6) is 2.12. The van der Waals surface area contributed by atoms with Gasteiger partial charge in [0.1, 0.15) is 11.3 Å². The molecule has 0 aliphatic carbocycles. The van der Waals surface area contributed by atoms with E-state index in [1.807, 2.05) is 24.3 Å². The third-order valence-corrected chi connectivity index (χ3v) is 5.32. The Kier molecular flexibility index (Phi) is 9.73. The van der Waals surface area contributed by atoms with E-state index in [0.717, 1.165) is 54.9 Å². The smallest absolute Gasteiger partial charge is 0.401 e. The number of guanidine groups is 1. The Morgan fingerprint density at radius 3 is 2.53 bits per heavy atom. The number of halogens is 4. The second-order valence-corrected chi connectivity index (χ2v) is 7.55. The molecule has 1 aliphatic rings. The van der Waals surface area contributed by atoms with Crippen molar-refractivity contribution in [2.75, 3.05) is 39.8 Å². The van der Waals surface area contributed by atoms with Gasteiger partial charge in [0.2, 0.25) is 0 Å². The molecule has 9 heteroatoms.